The van der Waals surface area contributed by atoms with Crippen LogP contribution >= 0.6 is 23.2 Å². The van der Waals surface area contributed by atoms with Gasteiger partial charge in [-0.2, -0.15) is 5.01 Å². The smallest absolute Gasteiger partial charge is 0.332 e. The highest BCUT2D eigenvalue weighted by Gasteiger charge is 2.51. The summed E-state index contributed by atoms with van der Waals surface area (Å²) in [5.41, 5.74) is 3.18. The molecule has 3 heterocycles. The van der Waals surface area contributed by atoms with E-state index in [1.54, 1.807) is 40.2 Å². The summed E-state index contributed by atoms with van der Waals surface area (Å²) in [6, 6.07) is 23.4. The maximum Gasteiger partial charge on any atom is 0.332 e. The van der Waals surface area contributed by atoms with Gasteiger partial charge >= 0.3 is 6.03 Å². The first-order valence-electron chi connectivity index (χ1n) is 14.0. The van der Waals surface area contributed by atoms with Crippen molar-refractivity contribution in [2.24, 2.45) is 0 Å². The van der Waals surface area contributed by atoms with Crippen LogP contribution in [0.25, 0.3) is 10.9 Å². The molecule has 2 aliphatic rings. The van der Waals surface area contributed by atoms with Gasteiger partial charge in [0, 0.05) is 48.7 Å². The zero-order valence-electron chi connectivity index (χ0n) is 23.5. The Hall–Kier alpha value is -4.18. The molecule has 4 amide bonds. The van der Waals surface area contributed by atoms with Crippen molar-refractivity contribution in [2.45, 2.75) is 31.7 Å². The molecule has 1 N–H and O–H groups in total. The lowest BCUT2D eigenvalue weighted by Crippen LogP contribution is -2.65. The molecule has 0 aliphatic carbocycles. The molecule has 9 nitrogen and oxygen atoms in total. The Morgan fingerprint density at radius 1 is 0.977 bits per heavy atom. The third kappa shape index (κ3) is 5.76. The van der Waals surface area contributed by atoms with Crippen LogP contribution < -0.4 is 5.32 Å². The van der Waals surface area contributed by atoms with Crippen LogP contribution in [-0.2, 0) is 29.1 Å². The summed E-state index contributed by atoms with van der Waals surface area (Å²) in [6.07, 6.45) is 1.44. The molecule has 0 unspecified atom stereocenters. The SMILES string of the molecule is CN(C(=O)NCc1ccccc1)N1CC(=O)N2[C@@H](Cc3ccccc3)C(=O)N(Cc3c(Cl)cc(Cl)c4cccnc34)C[C@@H]21. The quantitative estimate of drug-likeness (QED) is 0.324. The normalized spacial score (nSPS) is 18.7. The number of piperazine rings is 1. The van der Waals surface area contributed by atoms with Crippen LogP contribution in [-0.4, -0.2) is 75.0 Å². The molecule has 11 heteroatoms. The first-order chi connectivity index (χ1) is 20.8. The topological polar surface area (TPSA) is 89.1 Å². The van der Waals surface area contributed by atoms with Crippen molar-refractivity contribution in [3.05, 3.63) is 112 Å². The highest BCUT2D eigenvalue weighted by Crippen LogP contribution is 2.35. The summed E-state index contributed by atoms with van der Waals surface area (Å²) in [7, 11) is 1.64. The molecule has 0 saturated carbocycles. The summed E-state index contributed by atoms with van der Waals surface area (Å²) in [6.45, 7) is 0.665. The Labute approximate surface area is 259 Å². The first-order valence-corrected chi connectivity index (χ1v) is 14.7. The largest absolute Gasteiger partial charge is 0.333 e. The molecule has 0 radical (unpaired) electrons. The maximum absolute atomic E-state index is 14.1. The second-order valence-electron chi connectivity index (χ2n) is 10.7. The number of amides is 4. The average Bonchev–Trinajstić information content (AvgIpc) is 3.35. The van der Waals surface area contributed by atoms with Gasteiger partial charge in [-0.05, 0) is 29.3 Å². The van der Waals surface area contributed by atoms with E-state index in [1.807, 2.05) is 66.7 Å². The fraction of sp³-hybridized carbons (Fsp3) is 0.250. The van der Waals surface area contributed by atoms with Crippen LogP contribution in [0.15, 0.2) is 85.1 Å². The first kappa shape index (κ1) is 28.9. The van der Waals surface area contributed by atoms with Crippen molar-refractivity contribution in [2.75, 3.05) is 20.1 Å². The second-order valence-corrected chi connectivity index (χ2v) is 11.5. The number of hydrazine groups is 1. The Bertz CT molecular complexity index is 1670. The number of halogens is 2. The fourth-order valence-corrected chi connectivity index (χ4v) is 6.44. The third-order valence-corrected chi connectivity index (χ3v) is 8.70. The van der Waals surface area contributed by atoms with E-state index in [9.17, 15) is 14.4 Å². The monoisotopic (exact) mass is 616 g/mol. The number of benzene rings is 3. The Morgan fingerprint density at radius 3 is 2.40 bits per heavy atom. The summed E-state index contributed by atoms with van der Waals surface area (Å²) in [5.74, 6) is -0.403. The number of hydrogen-bond donors (Lipinski definition) is 1. The van der Waals surface area contributed by atoms with E-state index in [0.717, 1.165) is 16.5 Å². The number of carbonyl (C=O) groups is 3. The molecule has 2 saturated heterocycles. The molecule has 6 rings (SSSR count). The number of aromatic nitrogens is 1. The van der Waals surface area contributed by atoms with Gasteiger partial charge in [-0.15, -0.1) is 0 Å². The Balaban J connectivity index is 1.31. The highest BCUT2D eigenvalue weighted by molar-refractivity contribution is 6.39. The number of carbonyl (C=O) groups excluding carboxylic acids is 3. The number of nitrogens with zero attached hydrogens (tertiary/aromatic N) is 5. The minimum atomic E-state index is -0.760. The van der Waals surface area contributed by atoms with Gasteiger partial charge in [0.2, 0.25) is 11.8 Å². The molecular formula is C32H30Cl2N6O3. The van der Waals surface area contributed by atoms with Crippen molar-refractivity contribution in [1.82, 2.24) is 30.1 Å². The zero-order chi connectivity index (χ0) is 30.1. The summed E-state index contributed by atoms with van der Waals surface area (Å²) in [4.78, 5) is 48.8. The van der Waals surface area contributed by atoms with E-state index in [-0.39, 0.29) is 37.5 Å². The molecule has 0 spiro atoms. The van der Waals surface area contributed by atoms with E-state index in [4.69, 9.17) is 23.2 Å². The van der Waals surface area contributed by atoms with Gasteiger partial charge in [-0.1, -0.05) is 83.9 Å². The number of hydrogen-bond acceptors (Lipinski definition) is 5. The molecule has 43 heavy (non-hydrogen) atoms. The lowest BCUT2D eigenvalue weighted by molar-refractivity contribution is -0.157. The molecule has 4 aromatic rings. The number of nitrogens with one attached hydrogen (secondary N) is 1. The van der Waals surface area contributed by atoms with E-state index in [1.165, 1.54) is 5.01 Å². The second kappa shape index (κ2) is 12.2. The molecule has 220 valence electrons. The lowest BCUT2D eigenvalue weighted by atomic mass is 9.99. The Kier molecular flexibility index (Phi) is 8.21. The summed E-state index contributed by atoms with van der Waals surface area (Å²) < 4.78 is 0. The van der Waals surface area contributed by atoms with Crippen LogP contribution in [0.4, 0.5) is 4.79 Å². The van der Waals surface area contributed by atoms with E-state index >= 15 is 0 Å². The van der Waals surface area contributed by atoms with Crippen molar-refractivity contribution in [1.29, 1.82) is 0 Å². The molecule has 2 atom stereocenters. The maximum atomic E-state index is 14.1. The number of pyridine rings is 1. The summed E-state index contributed by atoms with van der Waals surface area (Å²) in [5, 5.41) is 7.71. The lowest BCUT2D eigenvalue weighted by Gasteiger charge is -2.46. The molecular weight excluding hydrogens is 587 g/mol. The molecule has 1 aromatic heterocycles. The van der Waals surface area contributed by atoms with E-state index in [0.29, 0.717) is 34.1 Å². The van der Waals surface area contributed by atoms with Gasteiger partial charge < -0.3 is 15.1 Å². The van der Waals surface area contributed by atoms with Crippen molar-refractivity contribution >= 4 is 52.0 Å². The van der Waals surface area contributed by atoms with Crippen molar-refractivity contribution < 1.29 is 14.4 Å². The van der Waals surface area contributed by atoms with Crippen molar-refractivity contribution in [3.8, 4) is 0 Å². The van der Waals surface area contributed by atoms with Crippen molar-refractivity contribution in [3.63, 3.8) is 0 Å². The van der Waals surface area contributed by atoms with E-state index in [2.05, 4.69) is 10.3 Å². The highest BCUT2D eigenvalue weighted by atomic mass is 35.5. The van der Waals surface area contributed by atoms with Crippen LogP contribution in [0.1, 0.15) is 16.7 Å². The van der Waals surface area contributed by atoms with Crippen LogP contribution in [0.3, 0.4) is 0 Å². The molecule has 3 aromatic carbocycles. The average molecular weight is 618 g/mol. The summed E-state index contributed by atoms with van der Waals surface area (Å²) >= 11 is 13.1. The van der Waals surface area contributed by atoms with Gasteiger partial charge in [0.25, 0.3) is 0 Å². The third-order valence-electron chi connectivity index (χ3n) is 8.05. The van der Waals surface area contributed by atoms with Crippen LogP contribution in [0.2, 0.25) is 10.0 Å². The van der Waals surface area contributed by atoms with Crippen LogP contribution in [0.5, 0.6) is 0 Å². The predicted octanol–water partition coefficient (Wildman–Crippen LogP) is 4.72. The minimum Gasteiger partial charge on any atom is -0.333 e. The van der Waals surface area contributed by atoms with Gasteiger partial charge in [0.05, 0.1) is 23.6 Å². The number of rotatable bonds is 7. The van der Waals surface area contributed by atoms with Crippen LogP contribution in [0, 0.1) is 0 Å². The van der Waals surface area contributed by atoms with E-state index < -0.39 is 12.2 Å². The molecule has 2 aliphatic heterocycles. The number of urea groups is 1. The minimum absolute atomic E-state index is 0.0292. The number of fused-ring (bicyclic) bond motifs is 2. The molecule has 2 fully saturated rings. The van der Waals surface area contributed by atoms with Gasteiger partial charge in [-0.3, -0.25) is 19.6 Å². The predicted molar refractivity (Wildman–Crippen MR) is 165 cm³/mol. The van der Waals surface area contributed by atoms with Gasteiger partial charge in [0.1, 0.15) is 12.2 Å². The molecule has 0 bridgehead atoms. The van der Waals surface area contributed by atoms with Gasteiger partial charge in [0.15, 0.2) is 0 Å². The fourth-order valence-electron chi connectivity index (χ4n) is 5.86. The zero-order valence-corrected chi connectivity index (χ0v) is 25.0. The van der Waals surface area contributed by atoms with Gasteiger partial charge in [-0.25, -0.2) is 4.79 Å². The Morgan fingerprint density at radius 2 is 1.67 bits per heavy atom. The standard InChI is InChI=1S/C32H30Cl2N6O3/c1-37(32(43)36-17-22-11-6-3-7-12-22)39-20-29(41)40-27(15-21-9-4-2-5-10-21)31(42)38(19-28(39)40)18-24-26(34)16-25(33)23-13-8-14-35-30(23)24/h2-14,16,27-28H,15,17-20H2,1H3,(H,36,43)/t27-,28+/m0/s1.